The SMILES string of the molecule is C[N+](C)(C)CC(CC(=O)[O-])OP(=O)(O)O[C@@H]1[C@@H](OP(=O)(O)O)[C@H](OP(=O)(O)O)[C@@H](OP(=O)(O)O)[C@H](OP(=O)(O)O)[C@@H]1OP(=O)(O)O. The van der Waals surface area contributed by atoms with Gasteiger partial charge in [0.15, 0.2) is 0 Å². The number of quaternary nitrogens is 1. The maximum Gasteiger partial charge on any atom is 0.473 e. The van der Waals surface area contributed by atoms with Gasteiger partial charge in [-0.25, -0.2) is 27.4 Å². The van der Waals surface area contributed by atoms with E-state index in [0.29, 0.717) is 0 Å². The van der Waals surface area contributed by atoms with E-state index in [1.165, 1.54) is 21.1 Å². The third-order valence-corrected chi connectivity index (χ3v) is 8.59. The van der Waals surface area contributed by atoms with Crippen molar-refractivity contribution in [3.8, 4) is 0 Å². The van der Waals surface area contributed by atoms with Crippen LogP contribution in [-0.2, 0) is 63.9 Å². The van der Waals surface area contributed by atoms with Crippen LogP contribution in [0.15, 0.2) is 0 Å². The number of phosphoric acid groups is 6. The second kappa shape index (κ2) is 15.5. The van der Waals surface area contributed by atoms with Crippen molar-refractivity contribution in [3.63, 3.8) is 0 Å². The van der Waals surface area contributed by atoms with E-state index >= 15 is 0 Å². The molecule has 274 valence electrons. The van der Waals surface area contributed by atoms with Gasteiger partial charge in [-0.15, -0.1) is 0 Å². The Morgan fingerprint density at radius 2 is 0.804 bits per heavy atom. The van der Waals surface area contributed by atoms with E-state index < -0.39 is 109 Å². The molecule has 46 heavy (non-hydrogen) atoms. The number of hydrogen-bond donors (Lipinski definition) is 11. The molecule has 0 amide bonds. The average molecular weight is 803 g/mol. The lowest BCUT2D eigenvalue weighted by molar-refractivity contribution is -0.873. The molecule has 1 fully saturated rings. The van der Waals surface area contributed by atoms with E-state index in [9.17, 15) is 91.1 Å². The predicted octanol–water partition coefficient (Wildman–Crippen LogP) is -3.89. The van der Waals surface area contributed by atoms with Gasteiger partial charge in [0, 0.05) is 12.4 Å². The Balaban J connectivity index is 4.09. The lowest BCUT2D eigenvalue weighted by Gasteiger charge is -2.48. The molecule has 8 atom stereocenters. The predicted molar refractivity (Wildman–Crippen MR) is 137 cm³/mol. The molecule has 0 aromatic carbocycles. The molecule has 1 aliphatic carbocycles. The molecule has 11 N–H and O–H groups in total. The molecule has 0 bridgehead atoms. The van der Waals surface area contributed by atoms with Crippen LogP contribution in [-0.4, -0.2) is 135 Å². The lowest BCUT2D eigenvalue weighted by Crippen LogP contribution is -2.66. The number of carbonyl (C=O) groups is 1. The number of phosphoric ester groups is 6. The highest BCUT2D eigenvalue weighted by atomic mass is 31.2. The fourth-order valence-corrected chi connectivity index (χ4v) is 7.83. The highest BCUT2D eigenvalue weighted by Gasteiger charge is 2.63. The number of carboxylic acid groups (broad SMARTS) is 1. The Morgan fingerprint density at radius 3 is 1.00 bits per heavy atom. The van der Waals surface area contributed by atoms with Crippen molar-refractivity contribution >= 4 is 52.9 Å². The minimum atomic E-state index is -6.14. The minimum absolute atomic E-state index is 0.187. The van der Waals surface area contributed by atoms with Crippen molar-refractivity contribution in [2.75, 3.05) is 27.7 Å². The summed E-state index contributed by atoms with van der Waals surface area (Å²) in [6, 6.07) is 0. The first-order valence-electron chi connectivity index (χ1n) is 11.5. The van der Waals surface area contributed by atoms with Gasteiger partial charge in [0.2, 0.25) is 0 Å². The van der Waals surface area contributed by atoms with Crippen LogP contribution in [0.4, 0.5) is 0 Å². The van der Waals surface area contributed by atoms with Gasteiger partial charge in [-0.2, -0.15) is 0 Å². The van der Waals surface area contributed by atoms with Gasteiger partial charge in [-0.05, 0) is 0 Å². The molecule has 0 saturated heterocycles. The molecule has 0 heterocycles. The molecule has 0 spiro atoms. The van der Waals surface area contributed by atoms with Crippen molar-refractivity contribution in [1.29, 1.82) is 0 Å². The van der Waals surface area contributed by atoms with Gasteiger partial charge in [-0.1, -0.05) is 0 Å². The molecule has 0 aromatic heterocycles. The first-order chi connectivity index (χ1) is 20.1. The minimum Gasteiger partial charge on any atom is -0.550 e. The zero-order valence-electron chi connectivity index (χ0n) is 23.1. The van der Waals surface area contributed by atoms with Crippen LogP contribution < -0.4 is 5.11 Å². The average Bonchev–Trinajstić information content (AvgIpc) is 2.69. The van der Waals surface area contributed by atoms with Crippen molar-refractivity contribution in [3.05, 3.63) is 0 Å². The molecule has 27 nitrogen and oxygen atoms in total. The van der Waals surface area contributed by atoms with Gasteiger partial charge in [0.05, 0.1) is 21.1 Å². The summed E-state index contributed by atoms with van der Waals surface area (Å²) in [6.07, 6.45) is -22.3. The molecule has 33 heteroatoms. The van der Waals surface area contributed by atoms with Crippen LogP contribution in [0.3, 0.4) is 0 Å². The fourth-order valence-electron chi connectivity index (χ4n) is 3.93. The number of hydrogen-bond acceptors (Lipinski definition) is 15. The normalized spacial score (nSPS) is 27.6. The van der Waals surface area contributed by atoms with Crippen molar-refractivity contribution in [2.45, 2.75) is 49.1 Å². The highest BCUT2D eigenvalue weighted by Crippen LogP contribution is 2.58. The third-order valence-electron chi connectivity index (χ3n) is 4.92. The zero-order valence-corrected chi connectivity index (χ0v) is 28.5. The maximum absolute atomic E-state index is 13.1. The summed E-state index contributed by atoms with van der Waals surface area (Å²) < 4.78 is 103. The van der Waals surface area contributed by atoms with Crippen LogP contribution in [0.25, 0.3) is 0 Å². The van der Waals surface area contributed by atoms with Crippen LogP contribution in [0.2, 0.25) is 0 Å². The van der Waals surface area contributed by atoms with Gasteiger partial charge >= 0.3 is 46.9 Å². The van der Waals surface area contributed by atoms with Crippen LogP contribution in [0.5, 0.6) is 0 Å². The maximum atomic E-state index is 13.1. The summed E-state index contributed by atoms with van der Waals surface area (Å²) in [5, 5.41) is 11.2. The molecule has 0 radical (unpaired) electrons. The summed E-state index contributed by atoms with van der Waals surface area (Å²) >= 11 is 0. The van der Waals surface area contributed by atoms with E-state index in [1.54, 1.807) is 0 Å². The molecule has 1 aliphatic rings. The molecule has 0 aliphatic heterocycles. The van der Waals surface area contributed by atoms with E-state index in [0.717, 1.165) is 0 Å². The smallest absolute Gasteiger partial charge is 0.473 e. The van der Waals surface area contributed by atoms with Gasteiger partial charge in [0.25, 0.3) is 0 Å². The van der Waals surface area contributed by atoms with Gasteiger partial charge in [0.1, 0.15) is 49.3 Å². The fraction of sp³-hybridized carbons (Fsp3) is 0.923. The molecular formula is C13H31NO26P6. The highest BCUT2D eigenvalue weighted by molar-refractivity contribution is 7.48. The van der Waals surface area contributed by atoms with Crippen molar-refractivity contribution < 1.29 is 127 Å². The molecular weight excluding hydrogens is 772 g/mol. The van der Waals surface area contributed by atoms with Crippen molar-refractivity contribution in [1.82, 2.24) is 0 Å². The van der Waals surface area contributed by atoms with Crippen molar-refractivity contribution in [2.24, 2.45) is 0 Å². The number of carboxylic acids is 1. The number of aliphatic carboxylic acids is 1. The second-order valence-corrected chi connectivity index (χ2v) is 17.4. The van der Waals surface area contributed by atoms with E-state index in [1.807, 2.05) is 0 Å². The van der Waals surface area contributed by atoms with E-state index in [-0.39, 0.29) is 4.48 Å². The summed E-state index contributed by atoms with van der Waals surface area (Å²) in [7, 11) is -32.4. The molecule has 0 aromatic rings. The Bertz CT molecular complexity index is 1290. The lowest BCUT2D eigenvalue weighted by atomic mass is 9.85. The summed E-state index contributed by atoms with van der Waals surface area (Å²) in [5.74, 6) is -1.87. The molecule has 2 unspecified atom stereocenters. The number of nitrogens with zero attached hydrogens (tertiary/aromatic N) is 1. The van der Waals surface area contributed by atoms with Crippen LogP contribution in [0.1, 0.15) is 6.42 Å². The van der Waals surface area contributed by atoms with Crippen LogP contribution >= 0.6 is 46.9 Å². The third kappa shape index (κ3) is 17.7. The van der Waals surface area contributed by atoms with Gasteiger partial charge < -0.3 is 68.2 Å². The Labute approximate surface area is 257 Å². The number of likely N-dealkylation sites (N-methyl/N-ethyl adjacent to an activating group) is 1. The first-order valence-corrected chi connectivity index (χ1v) is 20.6. The van der Waals surface area contributed by atoms with E-state index in [2.05, 4.69) is 22.6 Å². The quantitative estimate of drug-likeness (QED) is 0.0466. The monoisotopic (exact) mass is 803 g/mol. The topological polar surface area (TPSA) is 430 Å². The summed E-state index contributed by atoms with van der Waals surface area (Å²) in [4.78, 5) is 116. The molecule has 1 saturated carbocycles. The number of rotatable bonds is 18. The zero-order chi connectivity index (χ0) is 36.5. The Morgan fingerprint density at radius 1 is 0.565 bits per heavy atom. The number of carbonyl (C=O) groups excluding carboxylic acids is 1. The van der Waals surface area contributed by atoms with Crippen LogP contribution in [0, 0.1) is 0 Å². The largest absolute Gasteiger partial charge is 0.550 e. The summed E-state index contributed by atoms with van der Waals surface area (Å²) in [6.45, 7) is -0.441. The first kappa shape index (κ1) is 44.1. The summed E-state index contributed by atoms with van der Waals surface area (Å²) in [5.41, 5.74) is 0. The van der Waals surface area contributed by atoms with Gasteiger partial charge in [-0.3, -0.25) is 31.7 Å². The molecule has 1 rings (SSSR count). The van der Waals surface area contributed by atoms with E-state index in [4.69, 9.17) is 9.05 Å². The Hall–Kier alpha value is 0.0900. The standard InChI is InChI=1S/C13H31NO26P6/c1-14(2,3)5-6(4-7(15)16)34-46(32,33)40-13-11(38-44(26,27)28)9(36-42(20,21)22)8(35-41(17,18)19)10(37-43(23,24)25)12(13)39-45(29,30)31/h6,8-13H,4-5H2,1-3H3,(H11-,15,16,17,18,19,20,21,22,23,24,25,26,27,28,29,30,31,32,33)/t6?,8-,9-,10+,11-,12-,13-/m0/s1. The Kier molecular flexibility index (Phi) is 14.9. The second-order valence-electron chi connectivity index (χ2n) is 10.1.